The van der Waals surface area contributed by atoms with Gasteiger partial charge in [-0.3, -0.25) is 14.3 Å². The first-order valence-electron chi connectivity index (χ1n) is 9.01. The molecule has 31 heavy (non-hydrogen) atoms. The van der Waals surface area contributed by atoms with Gasteiger partial charge in [-0.2, -0.15) is 28.5 Å². The van der Waals surface area contributed by atoms with Crippen molar-refractivity contribution < 1.29 is 22.8 Å². The highest BCUT2D eigenvalue weighted by Gasteiger charge is 2.37. The molecule has 0 bridgehead atoms. The van der Waals surface area contributed by atoms with Crippen molar-refractivity contribution in [1.82, 2.24) is 24.9 Å². The summed E-state index contributed by atoms with van der Waals surface area (Å²) in [4.78, 5) is 26.5. The molecule has 1 saturated heterocycles. The first-order chi connectivity index (χ1) is 14.7. The molecule has 3 aromatic rings. The molecular formula is C19H14ClF3N6O2. The first-order valence-corrected chi connectivity index (χ1v) is 9.39. The molecule has 2 aromatic heterocycles. The molecule has 1 N–H and O–H groups in total. The maximum absolute atomic E-state index is 13.0. The summed E-state index contributed by atoms with van der Waals surface area (Å²) < 4.78 is 40.4. The zero-order valence-corrected chi connectivity index (χ0v) is 16.4. The van der Waals surface area contributed by atoms with Gasteiger partial charge in [0.15, 0.2) is 0 Å². The normalized spacial score (nSPS) is 14.3. The molecule has 3 heterocycles. The van der Waals surface area contributed by atoms with E-state index in [1.807, 2.05) is 0 Å². The number of alkyl halides is 3. The van der Waals surface area contributed by atoms with Crippen molar-refractivity contribution in [3.63, 3.8) is 0 Å². The number of hydrogen-bond acceptors (Lipinski definition) is 5. The maximum atomic E-state index is 13.0. The summed E-state index contributed by atoms with van der Waals surface area (Å²) in [5.41, 5.74) is -0.448. The van der Waals surface area contributed by atoms with Gasteiger partial charge in [0.2, 0.25) is 0 Å². The number of anilines is 1. The molecule has 0 saturated carbocycles. The van der Waals surface area contributed by atoms with Crippen molar-refractivity contribution in [3.05, 3.63) is 70.8 Å². The molecule has 1 aliphatic heterocycles. The summed E-state index contributed by atoms with van der Waals surface area (Å²) in [7, 11) is 0. The fourth-order valence-electron chi connectivity index (χ4n) is 3.16. The summed E-state index contributed by atoms with van der Waals surface area (Å²) in [6.07, 6.45) is -0.310. The number of aromatic nitrogens is 4. The monoisotopic (exact) mass is 450 g/mol. The van der Waals surface area contributed by atoms with Crippen molar-refractivity contribution in [1.29, 1.82) is 0 Å². The number of nitrogens with zero attached hydrogens (tertiary/aromatic N) is 5. The van der Waals surface area contributed by atoms with Gasteiger partial charge in [0.05, 0.1) is 40.3 Å². The molecule has 0 aliphatic carbocycles. The van der Waals surface area contributed by atoms with E-state index < -0.39 is 23.6 Å². The van der Waals surface area contributed by atoms with Crippen LogP contribution in [0.1, 0.15) is 32.5 Å². The zero-order valence-electron chi connectivity index (χ0n) is 15.7. The predicted molar refractivity (Wildman–Crippen MR) is 104 cm³/mol. The second kappa shape index (κ2) is 7.99. The fourth-order valence-corrected chi connectivity index (χ4v) is 3.35. The quantitative estimate of drug-likeness (QED) is 0.658. The van der Waals surface area contributed by atoms with E-state index >= 15 is 0 Å². The highest BCUT2D eigenvalue weighted by Crippen LogP contribution is 2.33. The Morgan fingerprint density at radius 1 is 1.10 bits per heavy atom. The molecule has 0 unspecified atom stereocenters. The minimum atomic E-state index is -4.58. The SMILES string of the molecule is O=C(Nc1ccnnc1)c1ccnn1C1CN(C(=O)c2cc(C(F)(F)F)ccc2Cl)C1. The van der Waals surface area contributed by atoms with Crippen LogP contribution in [0.15, 0.2) is 48.9 Å². The molecule has 4 rings (SSSR count). The number of hydrogen-bond donors (Lipinski definition) is 1. The Morgan fingerprint density at radius 3 is 2.55 bits per heavy atom. The van der Waals surface area contributed by atoms with E-state index in [0.717, 1.165) is 18.2 Å². The van der Waals surface area contributed by atoms with Gasteiger partial charge in [0.25, 0.3) is 11.8 Å². The maximum Gasteiger partial charge on any atom is 0.416 e. The number of halogens is 4. The standard InChI is InChI=1S/C19H14ClF3N6O2/c20-15-2-1-11(19(21,22)23)7-14(15)18(31)28-9-13(10-28)29-16(4-6-26-29)17(30)27-12-3-5-24-25-8-12/h1-8,13H,9-10H2,(H,24,27,30). The van der Waals surface area contributed by atoms with Gasteiger partial charge in [0, 0.05) is 19.3 Å². The Hall–Kier alpha value is -3.47. The van der Waals surface area contributed by atoms with Crippen molar-refractivity contribution in [3.8, 4) is 0 Å². The van der Waals surface area contributed by atoms with Crippen LogP contribution in [0.25, 0.3) is 0 Å². The third-order valence-electron chi connectivity index (χ3n) is 4.76. The van der Waals surface area contributed by atoms with Gasteiger partial charge in [-0.1, -0.05) is 11.6 Å². The lowest BCUT2D eigenvalue weighted by atomic mass is 10.0. The van der Waals surface area contributed by atoms with E-state index in [2.05, 4.69) is 20.6 Å². The first kappa shape index (κ1) is 20.8. The van der Waals surface area contributed by atoms with E-state index in [1.165, 1.54) is 34.2 Å². The van der Waals surface area contributed by atoms with E-state index in [9.17, 15) is 22.8 Å². The lowest BCUT2D eigenvalue weighted by molar-refractivity contribution is -0.137. The average Bonchev–Trinajstić information content (AvgIpc) is 3.16. The van der Waals surface area contributed by atoms with Gasteiger partial charge >= 0.3 is 6.18 Å². The molecule has 12 heteroatoms. The second-order valence-electron chi connectivity index (χ2n) is 6.80. The van der Waals surface area contributed by atoms with Crippen LogP contribution < -0.4 is 5.32 Å². The van der Waals surface area contributed by atoms with Crippen LogP contribution >= 0.6 is 11.6 Å². The van der Waals surface area contributed by atoms with Crippen LogP contribution in [0.4, 0.5) is 18.9 Å². The third kappa shape index (κ3) is 4.22. The van der Waals surface area contributed by atoms with Gasteiger partial charge in [-0.15, -0.1) is 0 Å². The fraction of sp³-hybridized carbons (Fsp3) is 0.211. The van der Waals surface area contributed by atoms with Crippen molar-refractivity contribution in [2.24, 2.45) is 0 Å². The molecule has 1 aromatic carbocycles. The van der Waals surface area contributed by atoms with Crippen LogP contribution in [0, 0.1) is 0 Å². The zero-order chi connectivity index (χ0) is 22.2. The van der Waals surface area contributed by atoms with Crippen LogP contribution in [-0.2, 0) is 6.18 Å². The summed E-state index contributed by atoms with van der Waals surface area (Å²) in [5.74, 6) is -1.04. The van der Waals surface area contributed by atoms with E-state index in [0.29, 0.717) is 5.69 Å². The van der Waals surface area contributed by atoms with Crippen LogP contribution in [0.5, 0.6) is 0 Å². The van der Waals surface area contributed by atoms with Crippen LogP contribution in [-0.4, -0.2) is 49.8 Å². The smallest absolute Gasteiger partial charge is 0.334 e. The van der Waals surface area contributed by atoms with Crippen molar-refractivity contribution in [2.75, 3.05) is 18.4 Å². The molecule has 2 amide bonds. The van der Waals surface area contributed by atoms with E-state index in [-0.39, 0.29) is 35.4 Å². The number of carbonyl (C=O) groups excluding carboxylic acids is 2. The average molecular weight is 451 g/mol. The highest BCUT2D eigenvalue weighted by molar-refractivity contribution is 6.33. The third-order valence-corrected chi connectivity index (χ3v) is 5.09. The minimum absolute atomic E-state index is 0.0634. The van der Waals surface area contributed by atoms with Gasteiger partial charge in [-0.25, -0.2) is 0 Å². The summed E-state index contributed by atoms with van der Waals surface area (Å²) >= 11 is 5.95. The summed E-state index contributed by atoms with van der Waals surface area (Å²) in [5, 5.41) is 14.1. The lowest BCUT2D eigenvalue weighted by Crippen LogP contribution is -2.51. The Balaban J connectivity index is 1.45. The molecule has 8 nitrogen and oxygen atoms in total. The number of carbonyl (C=O) groups is 2. The molecule has 0 spiro atoms. The number of rotatable bonds is 4. The van der Waals surface area contributed by atoms with Crippen molar-refractivity contribution in [2.45, 2.75) is 12.2 Å². The van der Waals surface area contributed by atoms with Gasteiger partial charge in [0.1, 0.15) is 5.69 Å². The molecule has 1 fully saturated rings. The largest absolute Gasteiger partial charge is 0.416 e. The van der Waals surface area contributed by atoms with Gasteiger partial charge < -0.3 is 10.2 Å². The summed E-state index contributed by atoms with van der Waals surface area (Å²) in [6, 6.07) is 5.42. The van der Waals surface area contributed by atoms with Crippen LogP contribution in [0.2, 0.25) is 5.02 Å². The minimum Gasteiger partial charge on any atom is -0.334 e. The number of nitrogens with one attached hydrogen (secondary N) is 1. The Kier molecular flexibility index (Phi) is 5.36. The number of benzene rings is 1. The molecule has 0 radical (unpaired) electrons. The molecular weight excluding hydrogens is 437 g/mol. The number of likely N-dealkylation sites (tertiary alicyclic amines) is 1. The van der Waals surface area contributed by atoms with E-state index in [1.54, 1.807) is 6.07 Å². The molecule has 160 valence electrons. The molecule has 0 atom stereocenters. The lowest BCUT2D eigenvalue weighted by Gasteiger charge is -2.40. The molecule has 1 aliphatic rings. The van der Waals surface area contributed by atoms with Gasteiger partial charge in [-0.05, 0) is 30.3 Å². The Labute approximate surface area is 178 Å². The Bertz CT molecular complexity index is 1130. The van der Waals surface area contributed by atoms with Crippen molar-refractivity contribution >= 4 is 29.1 Å². The second-order valence-corrected chi connectivity index (χ2v) is 7.21. The highest BCUT2D eigenvalue weighted by atomic mass is 35.5. The van der Waals surface area contributed by atoms with E-state index in [4.69, 9.17) is 11.6 Å². The van der Waals surface area contributed by atoms with Crippen LogP contribution in [0.3, 0.4) is 0 Å². The predicted octanol–water partition coefficient (Wildman–Crippen LogP) is 3.29. The summed E-state index contributed by atoms with van der Waals surface area (Å²) in [6.45, 7) is 0.342. The number of amides is 2. The Morgan fingerprint density at radius 2 is 1.87 bits per heavy atom. The topological polar surface area (TPSA) is 93.0 Å².